The fraction of sp³-hybridized carbons (Fsp3) is 0.0833. The van der Waals surface area contributed by atoms with E-state index in [0.29, 0.717) is 22.5 Å². The highest BCUT2D eigenvalue weighted by atomic mass is 16.1. The zero-order valence-electron chi connectivity index (χ0n) is 15.8. The van der Waals surface area contributed by atoms with Crippen molar-refractivity contribution in [3.8, 4) is 11.1 Å². The minimum Gasteiger partial charge on any atom is -0.398 e. The third kappa shape index (κ3) is 2.99. The van der Waals surface area contributed by atoms with Gasteiger partial charge in [0.25, 0.3) is 0 Å². The summed E-state index contributed by atoms with van der Waals surface area (Å²) >= 11 is 0. The minimum atomic E-state index is -0.0718. The summed E-state index contributed by atoms with van der Waals surface area (Å²) in [4.78, 5) is 25.0. The van der Waals surface area contributed by atoms with Crippen LogP contribution in [0.2, 0.25) is 0 Å². The average Bonchev–Trinajstić information content (AvgIpc) is 3.09. The number of nitrogens with zero attached hydrogens (tertiary/aromatic N) is 1. The third-order valence-corrected chi connectivity index (χ3v) is 5.04. The number of hydrogen-bond donors (Lipinski definition) is 1. The lowest BCUT2D eigenvalue weighted by atomic mass is 10.0. The molecule has 2 N–H and O–H groups in total. The molecule has 4 heteroatoms. The van der Waals surface area contributed by atoms with E-state index in [1.54, 1.807) is 24.4 Å². The summed E-state index contributed by atoms with van der Waals surface area (Å²) in [7, 11) is 0. The van der Waals surface area contributed by atoms with Crippen LogP contribution in [-0.4, -0.2) is 16.0 Å². The molecule has 0 fully saturated rings. The maximum atomic E-state index is 13.1. The van der Waals surface area contributed by atoms with Gasteiger partial charge in [-0.1, -0.05) is 42.5 Å². The van der Waals surface area contributed by atoms with Crippen molar-refractivity contribution in [3.63, 3.8) is 0 Å². The third-order valence-electron chi connectivity index (χ3n) is 5.04. The van der Waals surface area contributed by atoms with Crippen molar-refractivity contribution in [2.24, 2.45) is 0 Å². The Kier molecular flexibility index (Phi) is 4.32. The van der Waals surface area contributed by atoms with E-state index in [2.05, 4.69) is 0 Å². The minimum absolute atomic E-state index is 0.0194. The Morgan fingerprint density at radius 1 is 0.893 bits per heavy atom. The van der Waals surface area contributed by atoms with Gasteiger partial charge in [0.1, 0.15) is 0 Å². The molecule has 0 atom stereocenters. The summed E-state index contributed by atoms with van der Waals surface area (Å²) in [5, 5.41) is 0. The second-order valence-electron chi connectivity index (χ2n) is 6.94. The van der Waals surface area contributed by atoms with Gasteiger partial charge in [-0.3, -0.25) is 9.59 Å². The number of Topliss-reactive ketones (excluding diaryl/α,β-unsaturated/α-hetero) is 1. The number of ketones is 2. The first kappa shape index (κ1) is 17.7. The second kappa shape index (κ2) is 6.82. The molecule has 2 aromatic heterocycles. The van der Waals surface area contributed by atoms with Gasteiger partial charge in [0, 0.05) is 28.6 Å². The van der Waals surface area contributed by atoms with Gasteiger partial charge in [-0.15, -0.1) is 0 Å². The van der Waals surface area contributed by atoms with Gasteiger partial charge in [-0.2, -0.15) is 0 Å². The lowest BCUT2D eigenvalue weighted by molar-refractivity contribution is 0.101. The molecular formula is C24H20N2O2. The Bertz CT molecular complexity index is 1220. The lowest BCUT2D eigenvalue weighted by Gasteiger charge is -2.06. The molecule has 0 amide bonds. The first-order valence-electron chi connectivity index (χ1n) is 9.08. The van der Waals surface area contributed by atoms with Gasteiger partial charge in [-0.25, -0.2) is 0 Å². The molecule has 0 aliphatic heterocycles. The molecule has 138 valence electrons. The quantitative estimate of drug-likeness (QED) is 0.410. The van der Waals surface area contributed by atoms with Crippen molar-refractivity contribution in [2.75, 3.05) is 5.73 Å². The van der Waals surface area contributed by atoms with Crippen molar-refractivity contribution in [1.29, 1.82) is 0 Å². The summed E-state index contributed by atoms with van der Waals surface area (Å²) in [6, 6.07) is 20.5. The molecule has 2 heterocycles. The lowest BCUT2D eigenvalue weighted by Crippen LogP contribution is -2.05. The van der Waals surface area contributed by atoms with Crippen LogP contribution in [0.4, 0.5) is 5.69 Å². The van der Waals surface area contributed by atoms with Crippen molar-refractivity contribution in [3.05, 3.63) is 95.3 Å². The normalized spacial score (nSPS) is 10.9. The van der Waals surface area contributed by atoms with E-state index >= 15 is 0 Å². The monoisotopic (exact) mass is 368 g/mol. The van der Waals surface area contributed by atoms with E-state index in [1.807, 2.05) is 59.9 Å². The van der Waals surface area contributed by atoms with E-state index < -0.39 is 0 Å². The van der Waals surface area contributed by atoms with Crippen LogP contribution >= 0.6 is 0 Å². The molecule has 2 aromatic carbocycles. The number of hydrogen-bond acceptors (Lipinski definition) is 3. The number of carbonyl (C=O) groups is 2. The molecule has 0 radical (unpaired) electrons. The van der Waals surface area contributed by atoms with E-state index in [1.165, 1.54) is 6.92 Å². The van der Waals surface area contributed by atoms with E-state index in [0.717, 1.165) is 22.2 Å². The molecular weight excluding hydrogens is 348 g/mol. The fourth-order valence-electron chi connectivity index (χ4n) is 3.37. The fourth-order valence-corrected chi connectivity index (χ4v) is 3.37. The maximum Gasteiger partial charge on any atom is 0.209 e. The largest absolute Gasteiger partial charge is 0.398 e. The number of nitrogen functional groups attached to an aromatic ring is 1. The SMILES string of the molecule is CC(=O)c1ccn2c(C(=O)c3ccccc3)cc(-c3ccc(C)c(N)c3)c2c1. The number of anilines is 1. The van der Waals surface area contributed by atoms with Crippen molar-refractivity contribution < 1.29 is 9.59 Å². The molecule has 0 aliphatic carbocycles. The molecule has 4 aromatic rings. The predicted molar refractivity (Wildman–Crippen MR) is 112 cm³/mol. The highest BCUT2D eigenvalue weighted by molar-refractivity contribution is 6.10. The summed E-state index contributed by atoms with van der Waals surface area (Å²) in [5.41, 5.74) is 12.1. The standard InChI is InChI=1S/C24H20N2O2/c1-15-8-9-19(12-21(15)25)20-14-23(24(28)17-6-4-3-5-7-17)26-11-10-18(16(2)27)13-22(20)26/h3-14H,25H2,1-2H3. The van der Waals surface area contributed by atoms with Crippen LogP contribution in [0.15, 0.2) is 72.9 Å². The topological polar surface area (TPSA) is 64.6 Å². The zero-order valence-corrected chi connectivity index (χ0v) is 15.8. The number of fused-ring (bicyclic) bond motifs is 1. The summed E-state index contributed by atoms with van der Waals surface area (Å²) in [5.74, 6) is -0.0912. The molecule has 0 saturated carbocycles. The van der Waals surface area contributed by atoms with Gasteiger partial charge >= 0.3 is 0 Å². The number of rotatable bonds is 4. The van der Waals surface area contributed by atoms with Crippen LogP contribution in [-0.2, 0) is 0 Å². The van der Waals surface area contributed by atoms with Gasteiger partial charge in [-0.05, 0) is 49.2 Å². The molecule has 0 saturated heterocycles. The average molecular weight is 368 g/mol. The molecule has 0 spiro atoms. The summed E-state index contributed by atoms with van der Waals surface area (Å²) in [6.45, 7) is 3.49. The first-order chi connectivity index (χ1) is 13.5. The Hall–Kier alpha value is -3.66. The van der Waals surface area contributed by atoms with Crippen LogP contribution in [0.1, 0.15) is 38.9 Å². The Labute approximate surface area is 163 Å². The molecule has 0 aliphatic rings. The number of aryl methyl sites for hydroxylation is 1. The van der Waals surface area contributed by atoms with Crippen LogP contribution in [0, 0.1) is 6.92 Å². The summed E-state index contributed by atoms with van der Waals surface area (Å²) < 4.78 is 1.84. The van der Waals surface area contributed by atoms with Crippen LogP contribution in [0.25, 0.3) is 16.6 Å². The highest BCUT2D eigenvalue weighted by Gasteiger charge is 2.19. The van der Waals surface area contributed by atoms with Crippen molar-refractivity contribution >= 4 is 22.8 Å². The van der Waals surface area contributed by atoms with Gasteiger partial charge < -0.3 is 10.1 Å². The zero-order chi connectivity index (χ0) is 19.8. The van der Waals surface area contributed by atoms with Gasteiger partial charge in [0.2, 0.25) is 5.78 Å². The second-order valence-corrected chi connectivity index (χ2v) is 6.94. The van der Waals surface area contributed by atoms with Crippen LogP contribution in [0.3, 0.4) is 0 Å². The van der Waals surface area contributed by atoms with Gasteiger partial charge in [0.15, 0.2) is 5.78 Å². The van der Waals surface area contributed by atoms with Crippen LogP contribution in [0.5, 0.6) is 0 Å². The number of pyridine rings is 1. The number of benzene rings is 2. The summed E-state index contributed by atoms with van der Waals surface area (Å²) in [6.07, 6.45) is 1.78. The van der Waals surface area contributed by atoms with Crippen molar-refractivity contribution in [1.82, 2.24) is 4.40 Å². The number of aromatic nitrogens is 1. The Balaban J connectivity index is 1.98. The van der Waals surface area contributed by atoms with Gasteiger partial charge in [0.05, 0.1) is 11.2 Å². The van der Waals surface area contributed by atoms with Crippen molar-refractivity contribution in [2.45, 2.75) is 13.8 Å². The van der Waals surface area contributed by atoms with Crippen LogP contribution < -0.4 is 5.73 Å². The predicted octanol–water partition coefficient (Wildman–Crippen LogP) is 4.93. The Morgan fingerprint density at radius 2 is 1.64 bits per heavy atom. The molecule has 28 heavy (non-hydrogen) atoms. The Morgan fingerprint density at radius 3 is 2.32 bits per heavy atom. The number of carbonyl (C=O) groups excluding carboxylic acids is 2. The first-order valence-corrected chi connectivity index (χ1v) is 9.08. The molecule has 0 bridgehead atoms. The smallest absolute Gasteiger partial charge is 0.209 e. The highest BCUT2D eigenvalue weighted by Crippen LogP contribution is 2.32. The molecule has 4 nitrogen and oxygen atoms in total. The molecule has 0 unspecified atom stereocenters. The van der Waals surface area contributed by atoms with E-state index in [9.17, 15) is 9.59 Å². The number of nitrogens with two attached hydrogens (primary N) is 1. The van der Waals surface area contributed by atoms with E-state index in [-0.39, 0.29) is 11.6 Å². The maximum absolute atomic E-state index is 13.1. The molecule has 4 rings (SSSR count). The van der Waals surface area contributed by atoms with E-state index in [4.69, 9.17) is 5.73 Å².